The molecule has 6 aliphatic carbocycles. The molecule has 2 bridgehead atoms. The Morgan fingerprint density at radius 2 is 1.86 bits per heavy atom. The van der Waals surface area contributed by atoms with Gasteiger partial charge in [0.05, 0.1) is 6.10 Å². The number of piperidine rings is 1. The van der Waals surface area contributed by atoms with Gasteiger partial charge >= 0.3 is 11.9 Å². The lowest BCUT2D eigenvalue weighted by Crippen LogP contribution is -2.70. The van der Waals surface area contributed by atoms with Gasteiger partial charge in [-0.05, 0) is 101 Å². The van der Waals surface area contributed by atoms with Gasteiger partial charge in [-0.25, -0.2) is 8.78 Å². The van der Waals surface area contributed by atoms with E-state index in [4.69, 9.17) is 14.2 Å². The summed E-state index contributed by atoms with van der Waals surface area (Å²) < 4.78 is 49.7. The average Bonchev–Trinajstić information content (AvgIpc) is 3.66. The van der Waals surface area contributed by atoms with Gasteiger partial charge < -0.3 is 34.4 Å². The smallest absolute Gasteiger partial charge is 0.306 e. The maximum absolute atomic E-state index is 17.2. The van der Waals surface area contributed by atoms with Crippen molar-refractivity contribution in [1.29, 1.82) is 0 Å². The number of phenols is 1. The van der Waals surface area contributed by atoms with Gasteiger partial charge in [0.25, 0.3) is 0 Å². The third kappa shape index (κ3) is 5.36. The molecular weight excluding hydrogens is 740 g/mol. The number of aliphatic hydroxyl groups is 2. The summed E-state index contributed by atoms with van der Waals surface area (Å²) in [4.78, 5) is 52.1. The highest BCUT2D eigenvalue weighted by molar-refractivity contribution is 6.01. The molecule has 57 heavy (non-hydrogen) atoms. The van der Waals surface area contributed by atoms with Crippen LogP contribution < -0.4 is 4.74 Å². The standard InChI is InChI=1S/C27H34F2O7.C17H19NO3/c1-5-6-23(34)36-26(22(33)14-35-15(2)30)10-8-17-18-12-20(28)19-11-16(31)7-9-24(19,3)27(18,29)21(32)13-25(17,26)4;1-18-7-6-17-10-3-5-13(20)16(17)21-15-12(19)4-2-9(14(15)17)8-11(10)18/h7,9,11,17-18,20-21,32H,5-6,8,10,12-14H2,1-4H3;2-5,10-11,13,16,19-20H,6-8H2,1H3/t17-,18-,20-,21-,24-,25-,26-,27-;10-,11+,13-,16-,17-/m00/s1. The third-order valence-electron chi connectivity index (χ3n) is 15.5. The Labute approximate surface area is 331 Å². The normalized spacial score (nSPS) is 42.9. The molecule has 308 valence electrons. The number of esters is 2. The first-order valence-electron chi connectivity index (χ1n) is 20.3. The van der Waals surface area contributed by atoms with Gasteiger partial charge in [0.1, 0.15) is 18.4 Å². The van der Waals surface area contributed by atoms with Gasteiger partial charge in [-0.3, -0.25) is 19.2 Å². The number of hydrogen-bond donors (Lipinski definition) is 3. The van der Waals surface area contributed by atoms with Crippen LogP contribution in [-0.4, -0.2) is 106 Å². The Balaban J connectivity index is 0.000000181. The number of phenolic OH excluding ortho intramolecular Hbond substituents is 1. The first kappa shape index (κ1) is 39.9. The number of carbonyl (C=O) groups excluding carboxylic acids is 4. The average molecular weight is 794 g/mol. The summed E-state index contributed by atoms with van der Waals surface area (Å²) in [6.45, 7) is 6.51. The van der Waals surface area contributed by atoms with Crippen LogP contribution in [0.4, 0.5) is 8.78 Å². The Hall–Kier alpha value is -3.94. The predicted molar refractivity (Wildman–Crippen MR) is 202 cm³/mol. The van der Waals surface area contributed by atoms with Crippen LogP contribution in [0.1, 0.15) is 83.8 Å². The monoisotopic (exact) mass is 793 g/mol. The number of Topliss-reactive ketones (excluding diaryl/α,β-unsaturated/α-hetero) is 1. The van der Waals surface area contributed by atoms with E-state index in [2.05, 4.69) is 18.0 Å². The van der Waals surface area contributed by atoms with Crippen LogP contribution in [0.5, 0.6) is 11.5 Å². The molecule has 13 atom stereocenters. The number of halogens is 2. The molecule has 4 fully saturated rings. The molecule has 1 aromatic rings. The summed E-state index contributed by atoms with van der Waals surface area (Å²) in [5.41, 5.74) is -4.51. The highest BCUT2D eigenvalue weighted by Crippen LogP contribution is 2.71. The molecule has 8 aliphatic rings. The number of alkyl halides is 2. The third-order valence-corrected chi connectivity index (χ3v) is 15.5. The van der Waals surface area contributed by atoms with Crippen molar-refractivity contribution in [3.63, 3.8) is 0 Å². The fraction of sp³-hybridized carbons (Fsp3) is 0.636. The molecule has 3 N–H and O–H groups in total. The van der Waals surface area contributed by atoms with Crippen LogP contribution in [0, 0.1) is 28.6 Å². The summed E-state index contributed by atoms with van der Waals surface area (Å²) >= 11 is 0. The molecule has 1 spiro atoms. The number of allylic oxidation sites excluding steroid dienone is 4. The van der Waals surface area contributed by atoms with Crippen LogP contribution in [0.3, 0.4) is 0 Å². The highest BCUT2D eigenvalue weighted by Gasteiger charge is 2.76. The van der Waals surface area contributed by atoms with Crippen LogP contribution in [-0.2, 0) is 40.5 Å². The fourth-order valence-electron chi connectivity index (χ4n) is 12.8. The lowest BCUT2D eigenvalue weighted by molar-refractivity contribution is -0.229. The van der Waals surface area contributed by atoms with Gasteiger partial charge in [0, 0.05) is 53.0 Å². The van der Waals surface area contributed by atoms with Gasteiger partial charge in [-0.15, -0.1) is 0 Å². The molecule has 1 aromatic carbocycles. The van der Waals surface area contributed by atoms with E-state index in [1.54, 1.807) is 19.9 Å². The van der Waals surface area contributed by atoms with E-state index >= 15 is 8.78 Å². The number of likely N-dealkylation sites (tertiary alicyclic amines) is 1. The molecular formula is C44H53F2NO10. The number of aromatic hydroxyl groups is 1. The van der Waals surface area contributed by atoms with E-state index in [-0.39, 0.29) is 54.9 Å². The second kappa shape index (κ2) is 13.6. The molecule has 9 rings (SSSR count). The molecule has 0 amide bonds. The highest BCUT2D eigenvalue weighted by atomic mass is 19.1. The molecule has 2 aliphatic heterocycles. The number of ketones is 2. The number of aliphatic hydroxyl groups excluding tert-OH is 2. The van der Waals surface area contributed by atoms with Gasteiger partial charge in [-0.1, -0.05) is 38.1 Å². The minimum atomic E-state index is -2.30. The zero-order valence-electron chi connectivity index (χ0n) is 33.1. The minimum Gasteiger partial charge on any atom is -0.504 e. The number of likely N-dealkylation sites (N-methyl/N-ethyl adjacent to an activating group) is 1. The van der Waals surface area contributed by atoms with Crippen molar-refractivity contribution >= 4 is 23.5 Å². The number of nitrogens with zero attached hydrogens (tertiary/aromatic N) is 1. The van der Waals surface area contributed by atoms with Gasteiger partial charge in [-0.2, -0.15) is 0 Å². The second-order valence-electron chi connectivity index (χ2n) is 18.1. The fourth-order valence-corrected chi connectivity index (χ4v) is 12.8. The van der Waals surface area contributed by atoms with Crippen molar-refractivity contribution in [2.75, 3.05) is 20.2 Å². The molecule has 0 unspecified atom stereocenters. The molecule has 0 radical (unpaired) electrons. The zero-order valence-corrected chi connectivity index (χ0v) is 33.1. The number of hydrogen-bond acceptors (Lipinski definition) is 11. The van der Waals surface area contributed by atoms with Crippen molar-refractivity contribution in [2.45, 2.75) is 126 Å². The van der Waals surface area contributed by atoms with Crippen molar-refractivity contribution in [3.05, 3.63) is 59.2 Å². The molecule has 3 saturated carbocycles. The first-order chi connectivity index (χ1) is 26.9. The molecule has 11 nitrogen and oxygen atoms in total. The lowest BCUT2D eigenvalue weighted by Gasteiger charge is -2.63. The van der Waals surface area contributed by atoms with Crippen molar-refractivity contribution in [3.8, 4) is 11.5 Å². The summed E-state index contributed by atoms with van der Waals surface area (Å²) in [5.74, 6) is -2.77. The summed E-state index contributed by atoms with van der Waals surface area (Å²) in [6.07, 6.45) is 5.96. The van der Waals surface area contributed by atoms with Crippen LogP contribution in [0.2, 0.25) is 0 Å². The van der Waals surface area contributed by atoms with E-state index in [0.717, 1.165) is 32.4 Å². The van der Waals surface area contributed by atoms with E-state index in [0.29, 0.717) is 24.1 Å². The van der Waals surface area contributed by atoms with Crippen LogP contribution >= 0.6 is 0 Å². The summed E-state index contributed by atoms with van der Waals surface area (Å²) in [5, 5.41) is 32.1. The lowest BCUT2D eigenvalue weighted by atomic mass is 9.44. The maximum Gasteiger partial charge on any atom is 0.306 e. The quantitative estimate of drug-likeness (QED) is 0.270. The number of benzene rings is 1. The Bertz CT molecular complexity index is 2000. The summed E-state index contributed by atoms with van der Waals surface area (Å²) in [6, 6.07) is 4.23. The largest absolute Gasteiger partial charge is 0.504 e. The van der Waals surface area contributed by atoms with Crippen molar-refractivity contribution in [1.82, 2.24) is 4.90 Å². The van der Waals surface area contributed by atoms with Gasteiger partial charge in [0.2, 0.25) is 5.78 Å². The van der Waals surface area contributed by atoms with Gasteiger partial charge in [0.15, 0.2) is 35.2 Å². The zero-order chi connectivity index (χ0) is 41.0. The molecule has 13 heteroatoms. The van der Waals surface area contributed by atoms with E-state index in [1.807, 2.05) is 12.1 Å². The SMILES string of the molecule is CCCC(=O)O[C@]1(C(=O)COC(C)=O)CC[C@H]2[C@@H]3C[C@H](F)C4=CC(=O)C=C[C@]4(C)[C@@]3(F)[C@@H](O)C[C@@]21C.CN1CC[C@]23c4c5ccc(O)c4O[C@H]2[C@@H](O)C=C[C@H]3[C@H]1C5. The number of ether oxygens (including phenoxy) is 3. The first-order valence-corrected chi connectivity index (χ1v) is 20.3. The van der Waals surface area contributed by atoms with Crippen molar-refractivity contribution < 1.29 is 57.5 Å². The Kier molecular flexibility index (Phi) is 9.48. The van der Waals surface area contributed by atoms with Crippen LogP contribution in [0.25, 0.3) is 0 Å². The predicted octanol–water partition coefficient (Wildman–Crippen LogP) is 4.72. The topological polar surface area (TPSA) is 160 Å². The summed E-state index contributed by atoms with van der Waals surface area (Å²) in [7, 11) is 2.19. The molecule has 2 heterocycles. The minimum absolute atomic E-state index is 0.0148. The van der Waals surface area contributed by atoms with E-state index < -0.39 is 82.4 Å². The van der Waals surface area contributed by atoms with Crippen LogP contribution in [0.15, 0.2) is 48.1 Å². The van der Waals surface area contributed by atoms with E-state index in [9.17, 15) is 34.5 Å². The second-order valence-corrected chi connectivity index (χ2v) is 18.1. The van der Waals surface area contributed by atoms with E-state index in [1.165, 1.54) is 30.2 Å². The molecule has 1 saturated heterocycles. The number of fused-ring (bicyclic) bond motifs is 5. The number of carbonyl (C=O) groups is 4. The Morgan fingerprint density at radius 3 is 2.58 bits per heavy atom. The van der Waals surface area contributed by atoms with Crippen molar-refractivity contribution in [2.24, 2.45) is 28.6 Å². The number of rotatable bonds is 6. The Morgan fingerprint density at radius 1 is 1.11 bits per heavy atom. The molecule has 0 aromatic heterocycles. The maximum atomic E-state index is 17.2.